The van der Waals surface area contributed by atoms with Crippen molar-refractivity contribution in [3.05, 3.63) is 28.8 Å². The van der Waals surface area contributed by atoms with Crippen LogP contribution in [0.2, 0.25) is 5.02 Å². The van der Waals surface area contributed by atoms with Gasteiger partial charge in [0, 0.05) is 23.3 Å². The Hall–Kier alpha value is -1.07. The zero-order valence-corrected chi connectivity index (χ0v) is 12.7. The van der Waals surface area contributed by atoms with Crippen LogP contribution < -0.4 is 4.90 Å². The van der Waals surface area contributed by atoms with Gasteiger partial charge in [-0.25, -0.2) is 4.79 Å². The predicted molar refractivity (Wildman–Crippen MR) is 77.0 cm³/mol. The fourth-order valence-corrected chi connectivity index (χ4v) is 2.73. The maximum Gasteiger partial charge on any atom is 0.339 e. The zero-order chi connectivity index (χ0) is 14.0. The minimum Gasteiger partial charge on any atom is -0.465 e. The van der Waals surface area contributed by atoms with Crippen molar-refractivity contribution < 1.29 is 14.3 Å². The van der Waals surface area contributed by atoms with E-state index in [4.69, 9.17) is 16.3 Å². The number of hydrogen-bond acceptors (Lipinski definition) is 3. The molecule has 0 bridgehead atoms. The highest BCUT2D eigenvalue weighted by Crippen LogP contribution is 2.31. The lowest BCUT2D eigenvalue weighted by Crippen LogP contribution is -2.26. The van der Waals surface area contributed by atoms with E-state index < -0.39 is 5.97 Å². The van der Waals surface area contributed by atoms with Gasteiger partial charge in [-0.15, -0.1) is 0 Å². The van der Waals surface area contributed by atoms with Gasteiger partial charge >= 0.3 is 5.97 Å². The van der Waals surface area contributed by atoms with Crippen LogP contribution in [0.25, 0.3) is 0 Å². The van der Waals surface area contributed by atoms with Gasteiger partial charge in [0.05, 0.1) is 18.4 Å². The van der Waals surface area contributed by atoms with Crippen molar-refractivity contribution in [2.75, 3.05) is 23.9 Å². The lowest BCUT2D eigenvalue weighted by Gasteiger charge is -2.19. The number of halogens is 2. The molecule has 1 aliphatic heterocycles. The topological polar surface area (TPSA) is 46.6 Å². The Balaban J connectivity index is 2.41. The summed E-state index contributed by atoms with van der Waals surface area (Å²) in [5.74, 6) is -0.226. The van der Waals surface area contributed by atoms with Gasteiger partial charge in [0.15, 0.2) is 0 Å². The fourth-order valence-electron chi connectivity index (χ4n) is 2.13. The number of benzene rings is 1. The van der Waals surface area contributed by atoms with E-state index in [0.717, 1.165) is 5.33 Å². The van der Waals surface area contributed by atoms with E-state index in [2.05, 4.69) is 15.9 Å². The number of alkyl halides is 1. The molecular weight excluding hydrogens is 334 g/mol. The van der Waals surface area contributed by atoms with Gasteiger partial charge in [-0.05, 0) is 24.1 Å². The fraction of sp³-hybridized carbons (Fsp3) is 0.385. The molecule has 102 valence electrons. The summed E-state index contributed by atoms with van der Waals surface area (Å²) in [5.41, 5.74) is 0.878. The van der Waals surface area contributed by atoms with Crippen LogP contribution in [0.4, 0.5) is 5.69 Å². The van der Waals surface area contributed by atoms with Crippen molar-refractivity contribution >= 4 is 45.1 Å². The molecule has 0 spiro atoms. The lowest BCUT2D eigenvalue weighted by atomic mass is 10.1. The van der Waals surface area contributed by atoms with E-state index >= 15 is 0 Å². The van der Waals surface area contributed by atoms with Crippen molar-refractivity contribution in [2.24, 2.45) is 5.92 Å². The van der Waals surface area contributed by atoms with Crippen LogP contribution in [0.3, 0.4) is 0 Å². The maximum atomic E-state index is 12.0. The molecule has 19 heavy (non-hydrogen) atoms. The number of carbonyl (C=O) groups is 2. The van der Waals surface area contributed by atoms with Crippen LogP contribution in [0.15, 0.2) is 18.2 Å². The number of carbonyl (C=O) groups excluding carboxylic acids is 2. The second-order valence-electron chi connectivity index (χ2n) is 4.38. The highest BCUT2D eigenvalue weighted by molar-refractivity contribution is 9.09. The number of hydrogen-bond donors (Lipinski definition) is 0. The molecule has 1 unspecified atom stereocenters. The largest absolute Gasteiger partial charge is 0.465 e. The molecule has 1 saturated heterocycles. The molecule has 1 fully saturated rings. The van der Waals surface area contributed by atoms with E-state index in [0.29, 0.717) is 29.2 Å². The molecule has 4 nitrogen and oxygen atoms in total. The van der Waals surface area contributed by atoms with E-state index in [1.165, 1.54) is 7.11 Å². The molecule has 2 rings (SSSR count). The highest BCUT2D eigenvalue weighted by atomic mass is 79.9. The van der Waals surface area contributed by atoms with Crippen molar-refractivity contribution in [3.63, 3.8) is 0 Å². The van der Waals surface area contributed by atoms with Crippen LogP contribution in [-0.4, -0.2) is 30.9 Å². The SMILES string of the molecule is COC(=O)c1ccc(Cl)cc1N1CC(CBr)CC1=O. The minimum atomic E-state index is -0.471. The average Bonchev–Trinajstić information content (AvgIpc) is 2.79. The van der Waals surface area contributed by atoms with E-state index in [9.17, 15) is 9.59 Å². The molecule has 1 amide bonds. The first-order valence-corrected chi connectivity index (χ1v) is 7.31. The van der Waals surface area contributed by atoms with Crippen molar-refractivity contribution in [1.29, 1.82) is 0 Å². The summed E-state index contributed by atoms with van der Waals surface area (Å²) in [5, 5.41) is 1.24. The molecule has 0 N–H and O–H groups in total. The number of ether oxygens (including phenoxy) is 1. The third kappa shape index (κ3) is 2.92. The normalized spacial score (nSPS) is 18.8. The Morgan fingerprint density at radius 1 is 1.58 bits per heavy atom. The molecule has 0 saturated carbocycles. The summed E-state index contributed by atoms with van der Waals surface area (Å²) in [7, 11) is 1.31. The Morgan fingerprint density at radius 2 is 2.32 bits per heavy atom. The third-order valence-corrected chi connectivity index (χ3v) is 4.23. The summed E-state index contributed by atoms with van der Waals surface area (Å²) >= 11 is 9.34. The highest BCUT2D eigenvalue weighted by Gasteiger charge is 2.32. The number of amides is 1. The maximum absolute atomic E-state index is 12.0. The molecular formula is C13H13BrClNO3. The zero-order valence-electron chi connectivity index (χ0n) is 10.4. The number of esters is 1. The monoisotopic (exact) mass is 345 g/mol. The van der Waals surface area contributed by atoms with Crippen molar-refractivity contribution in [2.45, 2.75) is 6.42 Å². The molecule has 0 radical (unpaired) electrons. The number of methoxy groups -OCH3 is 1. The molecule has 1 atom stereocenters. The molecule has 1 aromatic rings. The predicted octanol–water partition coefficient (Wildman–Crippen LogP) is 2.87. The smallest absolute Gasteiger partial charge is 0.339 e. The lowest BCUT2D eigenvalue weighted by molar-refractivity contribution is -0.117. The summed E-state index contributed by atoms with van der Waals surface area (Å²) in [6.07, 6.45) is 0.471. The van der Waals surface area contributed by atoms with Gasteiger partial charge in [0.2, 0.25) is 5.91 Å². The average molecular weight is 347 g/mol. The van der Waals surface area contributed by atoms with Gasteiger partial charge in [-0.2, -0.15) is 0 Å². The quantitative estimate of drug-likeness (QED) is 0.624. The van der Waals surface area contributed by atoms with Crippen LogP contribution in [0, 0.1) is 5.92 Å². The standard InChI is InChI=1S/C13H13BrClNO3/c1-19-13(18)10-3-2-9(15)5-11(10)16-7-8(6-14)4-12(16)17/h2-3,5,8H,4,6-7H2,1H3. The molecule has 0 aromatic heterocycles. The summed E-state index contributed by atoms with van der Waals surface area (Å²) < 4.78 is 4.74. The van der Waals surface area contributed by atoms with Crippen LogP contribution in [0.1, 0.15) is 16.8 Å². The second kappa shape index (κ2) is 5.92. The summed E-state index contributed by atoms with van der Waals surface area (Å²) in [6.45, 7) is 0.578. The molecule has 1 aromatic carbocycles. The third-order valence-electron chi connectivity index (χ3n) is 3.08. The molecule has 6 heteroatoms. The Morgan fingerprint density at radius 3 is 2.89 bits per heavy atom. The Bertz CT molecular complexity index is 521. The van der Waals surface area contributed by atoms with E-state index in [-0.39, 0.29) is 11.8 Å². The Kier molecular flexibility index (Phi) is 4.47. The summed E-state index contributed by atoms with van der Waals surface area (Å²) in [6, 6.07) is 4.82. The van der Waals surface area contributed by atoms with Gasteiger partial charge in [0.1, 0.15) is 0 Å². The number of rotatable bonds is 3. The van der Waals surface area contributed by atoms with Crippen LogP contribution in [-0.2, 0) is 9.53 Å². The first-order chi connectivity index (χ1) is 9.06. The van der Waals surface area contributed by atoms with E-state index in [1.807, 2.05) is 0 Å². The minimum absolute atomic E-state index is 0.00290. The second-order valence-corrected chi connectivity index (χ2v) is 5.47. The first kappa shape index (κ1) is 14.3. The van der Waals surface area contributed by atoms with Crippen molar-refractivity contribution in [1.82, 2.24) is 0 Å². The van der Waals surface area contributed by atoms with Gasteiger partial charge in [-0.3, -0.25) is 4.79 Å². The number of nitrogens with zero attached hydrogens (tertiary/aromatic N) is 1. The van der Waals surface area contributed by atoms with Crippen molar-refractivity contribution in [3.8, 4) is 0 Å². The Labute approximate surface area is 124 Å². The number of anilines is 1. The molecule has 1 aliphatic rings. The van der Waals surface area contributed by atoms with E-state index in [1.54, 1.807) is 23.1 Å². The van der Waals surface area contributed by atoms with Gasteiger partial charge < -0.3 is 9.64 Å². The molecule has 1 heterocycles. The van der Waals surface area contributed by atoms with Crippen LogP contribution in [0.5, 0.6) is 0 Å². The summed E-state index contributed by atoms with van der Waals surface area (Å²) in [4.78, 5) is 25.4. The van der Waals surface area contributed by atoms with Gasteiger partial charge in [0.25, 0.3) is 0 Å². The van der Waals surface area contributed by atoms with Crippen LogP contribution >= 0.6 is 27.5 Å². The molecule has 0 aliphatic carbocycles. The van der Waals surface area contributed by atoms with Gasteiger partial charge in [-0.1, -0.05) is 27.5 Å². The first-order valence-electron chi connectivity index (χ1n) is 5.81.